The van der Waals surface area contributed by atoms with Crippen molar-refractivity contribution in [1.82, 2.24) is 4.98 Å². The summed E-state index contributed by atoms with van der Waals surface area (Å²) in [5.41, 5.74) is 8.84. The molecule has 18 heavy (non-hydrogen) atoms. The fourth-order valence-corrected chi connectivity index (χ4v) is 2.89. The van der Waals surface area contributed by atoms with Gasteiger partial charge >= 0.3 is 0 Å². The molecule has 0 spiro atoms. The second-order valence-corrected chi connectivity index (χ2v) is 5.50. The smallest absolute Gasteiger partial charge is 0.124 e. The molecule has 2 nitrogen and oxygen atoms in total. The van der Waals surface area contributed by atoms with Crippen molar-refractivity contribution in [2.45, 2.75) is 6.54 Å². The van der Waals surface area contributed by atoms with Gasteiger partial charge in [0.1, 0.15) is 5.01 Å². The molecule has 3 aromatic rings. The Balaban J connectivity index is 2.10. The van der Waals surface area contributed by atoms with Gasteiger partial charge in [0, 0.05) is 17.1 Å². The number of thiazole rings is 1. The van der Waals surface area contributed by atoms with E-state index in [1.165, 1.54) is 4.70 Å². The van der Waals surface area contributed by atoms with Gasteiger partial charge in [-0.3, -0.25) is 0 Å². The van der Waals surface area contributed by atoms with Gasteiger partial charge in [-0.2, -0.15) is 0 Å². The summed E-state index contributed by atoms with van der Waals surface area (Å²) in [6, 6.07) is 13.9. The SMILES string of the molecule is NCc1ccc2sc(-c3ccc(Cl)cc3)nc2c1. The van der Waals surface area contributed by atoms with Crippen LogP contribution in [0, 0.1) is 0 Å². The first kappa shape index (κ1) is 11.7. The number of rotatable bonds is 2. The van der Waals surface area contributed by atoms with Crippen LogP contribution in [-0.2, 0) is 6.54 Å². The molecule has 1 heterocycles. The molecule has 0 aliphatic carbocycles. The van der Waals surface area contributed by atoms with E-state index in [2.05, 4.69) is 11.1 Å². The van der Waals surface area contributed by atoms with Crippen LogP contribution in [0.25, 0.3) is 20.8 Å². The predicted octanol–water partition coefficient (Wildman–Crippen LogP) is 4.08. The van der Waals surface area contributed by atoms with Crippen molar-refractivity contribution in [2.24, 2.45) is 5.73 Å². The highest BCUT2D eigenvalue weighted by molar-refractivity contribution is 7.21. The monoisotopic (exact) mass is 274 g/mol. The third-order valence-corrected chi connectivity index (χ3v) is 4.12. The first-order chi connectivity index (χ1) is 8.76. The zero-order valence-electron chi connectivity index (χ0n) is 9.56. The second-order valence-electron chi connectivity index (χ2n) is 4.03. The van der Waals surface area contributed by atoms with Gasteiger partial charge in [-0.1, -0.05) is 29.8 Å². The Kier molecular flexibility index (Phi) is 3.04. The normalized spacial score (nSPS) is 11.0. The molecule has 1 aromatic heterocycles. The lowest BCUT2D eigenvalue weighted by atomic mass is 10.2. The highest BCUT2D eigenvalue weighted by Gasteiger charge is 2.06. The van der Waals surface area contributed by atoms with E-state index in [0.29, 0.717) is 6.54 Å². The fourth-order valence-electron chi connectivity index (χ4n) is 1.82. The highest BCUT2D eigenvalue weighted by Crippen LogP contribution is 2.31. The molecule has 0 unspecified atom stereocenters. The Morgan fingerprint density at radius 1 is 1.11 bits per heavy atom. The van der Waals surface area contributed by atoms with Crippen molar-refractivity contribution in [3.8, 4) is 10.6 Å². The number of hydrogen-bond acceptors (Lipinski definition) is 3. The molecule has 0 atom stereocenters. The van der Waals surface area contributed by atoms with Gasteiger partial charge in [-0.05, 0) is 29.8 Å². The summed E-state index contributed by atoms with van der Waals surface area (Å²) in [7, 11) is 0. The van der Waals surface area contributed by atoms with E-state index in [1.807, 2.05) is 36.4 Å². The van der Waals surface area contributed by atoms with Crippen LogP contribution in [0.15, 0.2) is 42.5 Å². The summed E-state index contributed by atoms with van der Waals surface area (Å²) in [6.45, 7) is 0.545. The van der Waals surface area contributed by atoms with Crippen molar-refractivity contribution in [3.05, 3.63) is 53.1 Å². The van der Waals surface area contributed by atoms with E-state index in [1.54, 1.807) is 11.3 Å². The molecular formula is C14H11ClN2S. The number of hydrogen-bond donors (Lipinski definition) is 1. The summed E-state index contributed by atoms with van der Waals surface area (Å²) < 4.78 is 1.18. The zero-order valence-corrected chi connectivity index (χ0v) is 11.1. The standard InChI is InChI=1S/C14H11ClN2S/c15-11-4-2-10(3-5-11)14-17-12-7-9(8-16)1-6-13(12)18-14/h1-7H,8,16H2. The van der Waals surface area contributed by atoms with Crippen molar-refractivity contribution >= 4 is 33.2 Å². The molecule has 0 radical (unpaired) electrons. The zero-order chi connectivity index (χ0) is 12.5. The molecule has 0 amide bonds. The predicted molar refractivity (Wildman–Crippen MR) is 78.0 cm³/mol. The summed E-state index contributed by atoms with van der Waals surface area (Å²) in [4.78, 5) is 4.64. The van der Waals surface area contributed by atoms with Gasteiger partial charge in [0.05, 0.1) is 10.2 Å². The van der Waals surface area contributed by atoms with Crippen molar-refractivity contribution in [1.29, 1.82) is 0 Å². The second kappa shape index (κ2) is 4.69. The fraction of sp³-hybridized carbons (Fsp3) is 0.0714. The average molecular weight is 275 g/mol. The third-order valence-electron chi connectivity index (χ3n) is 2.78. The highest BCUT2D eigenvalue weighted by atomic mass is 35.5. The molecular weight excluding hydrogens is 264 g/mol. The molecule has 3 rings (SSSR count). The summed E-state index contributed by atoms with van der Waals surface area (Å²) >= 11 is 7.57. The molecule has 0 saturated carbocycles. The van der Waals surface area contributed by atoms with Gasteiger partial charge < -0.3 is 5.73 Å². The lowest BCUT2D eigenvalue weighted by molar-refractivity contribution is 1.07. The molecule has 0 saturated heterocycles. The maximum absolute atomic E-state index is 5.89. The van der Waals surface area contributed by atoms with Gasteiger partial charge in [0.25, 0.3) is 0 Å². The Morgan fingerprint density at radius 3 is 2.61 bits per heavy atom. The Labute approximate surface area is 114 Å². The van der Waals surface area contributed by atoms with Crippen LogP contribution in [0.1, 0.15) is 5.56 Å². The maximum Gasteiger partial charge on any atom is 0.124 e. The van der Waals surface area contributed by atoms with Crippen LogP contribution in [-0.4, -0.2) is 4.98 Å². The largest absolute Gasteiger partial charge is 0.326 e. The lowest BCUT2D eigenvalue weighted by Gasteiger charge is -1.95. The number of fused-ring (bicyclic) bond motifs is 1. The van der Waals surface area contributed by atoms with E-state index in [9.17, 15) is 0 Å². The molecule has 2 aromatic carbocycles. The number of aromatic nitrogens is 1. The minimum Gasteiger partial charge on any atom is -0.326 e. The summed E-state index contributed by atoms with van der Waals surface area (Å²) in [5.74, 6) is 0. The Bertz CT molecular complexity index is 689. The van der Waals surface area contributed by atoms with E-state index in [-0.39, 0.29) is 0 Å². The van der Waals surface area contributed by atoms with Crippen LogP contribution in [0.5, 0.6) is 0 Å². The first-order valence-corrected chi connectivity index (χ1v) is 6.81. The van der Waals surface area contributed by atoms with Crippen molar-refractivity contribution in [2.75, 3.05) is 0 Å². The van der Waals surface area contributed by atoms with Gasteiger partial charge in [0.2, 0.25) is 0 Å². The average Bonchev–Trinajstić information content (AvgIpc) is 2.82. The van der Waals surface area contributed by atoms with E-state index < -0.39 is 0 Å². The van der Waals surface area contributed by atoms with Crippen LogP contribution in [0.3, 0.4) is 0 Å². The topological polar surface area (TPSA) is 38.9 Å². The first-order valence-electron chi connectivity index (χ1n) is 5.62. The van der Waals surface area contributed by atoms with E-state index in [4.69, 9.17) is 17.3 Å². The number of nitrogens with two attached hydrogens (primary N) is 1. The minimum atomic E-state index is 0.545. The maximum atomic E-state index is 5.89. The molecule has 2 N–H and O–H groups in total. The molecule has 0 aliphatic rings. The van der Waals surface area contributed by atoms with Gasteiger partial charge in [-0.15, -0.1) is 11.3 Å². The third kappa shape index (κ3) is 2.12. The van der Waals surface area contributed by atoms with Crippen LogP contribution >= 0.6 is 22.9 Å². The van der Waals surface area contributed by atoms with Crippen LogP contribution in [0.2, 0.25) is 5.02 Å². The molecule has 0 aliphatic heterocycles. The number of nitrogens with zero attached hydrogens (tertiary/aromatic N) is 1. The van der Waals surface area contributed by atoms with Crippen LogP contribution < -0.4 is 5.73 Å². The molecule has 4 heteroatoms. The van der Waals surface area contributed by atoms with Gasteiger partial charge in [-0.25, -0.2) is 4.98 Å². The van der Waals surface area contributed by atoms with Crippen LogP contribution in [0.4, 0.5) is 0 Å². The summed E-state index contributed by atoms with van der Waals surface area (Å²) in [6.07, 6.45) is 0. The van der Waals surface area contributed by atoms with E-state index >= 15 is 0 Å². The van der Waals surface area contributed by atoms with E-state index in [0.717, 1.165) is 26.7 Å². The number of halogens is 1. The Morgan fingerprint density at radius 2 is 1.89 bits per heavy atom. The molecule has 0 bridgehead atoms. The lowest BCUT2D eigenvalue weighted by Crippen LogP contribution is -1.94. The van der Waals surface area contributed by atoms with Crippen molar-refractivity contribution in [3.63, 3.8) is 0 Å². The quantitative estimate of drug-likeness (QED) is 0.765. The minimum absolute atomic E-state index is 0.545. The number of benzene rings is 2. The molecule has 90 valence electrons. The van der Waals surface area contributed by atoms with Gasteiger partial charge in [0.15, 0.2) is 0 Å². The Hall–Kier alpha value is -1.42. The molecule has 0 fully saturated rings. The van der Waals surface area contributed by atoms with Crippen molar-refractivity contribution < 1.29 is 0 Å². The summed E-state index contributed by atoms with van der Waals surface area (Å²) in [5, 5.41) is 1.75.